The quantitative estimate of drug-likeness (QED) is 0.888. The Hall–Kier alpha value is -0.800. The van der Waals surface area contributed by atoms with Crippen LogP contribution < -0.4 is 5.32 Å². The molecule has 3 nitrogen and oxygen atoms in total. The van der Waals surface area contributed by atoms with Gasteiger partial charge in [0.2, 0.25) is 0 Å². The van der Waals surface area contributed by atoms with Gasteiger partial charge in [0.05, 0.1) is 12.8 Å². The van der Waals surface area contributed by atoms with Crippen LogP contribution in [-0.2, 0) is 13.1 Å². The van der Waals surface area contributed by atoms with Gasteiger partial charge in [-0.25, -0.2) is 0 Å². The maximum Gasteiger partial charge on any atom is 0.118 e. The van der Waals surface area contributed by atoms with Crippen molar-refractivity contribution in [3.8, 4) is 0 Å². The van der Waals surface area contributed by atoms with Gasteiger partial charge in [-0.3, -0.25) is 4.90 Å². The van der Waals surface area contributed by atoms with Gasteiger partial charge in [-0.05, 0) is 64.6 Å². The van der Waals surface area contributed by atoms with Crippen molar-refractivity contribution >= 4 is 0 Å². The van der Waals surface area contributed by atoms with Crippen LogP contribution in [0.1, 0.15) is 58.8 Å². The lowest BCUT2D eigenvalue weighted by atomic mass is 9.87. The van der Waals surface area contributed by atoms with Crippen LogP contribution in [0.2, 0.25) is 0 Å². The van der Waals surface area contributed by atoms with Crippen molar-refractivity contribution in [2.75, 3.05) is 13.1 Å². The molecule has 0 saturated carbocycles. The lowest BCUT2D eigenvalue weighted by Crippen LogP contribution is -2.35. The third kappa shape index (κ3) is 5.48. The van der Waals surface area contributed by atoms with Gasteiger partial charge in [-0.1, -0.05) is 13.8 Å². The topological polar surface area (TPSA) is 28.4 Å². The van der Waals surface area contributed by atoms with Crippen molar-refractivity contribution < 1.29 is 4.42 Å². The molecule has 0 aromatic carbocycles. The molecule has 0 aliphatic carbocycles. The first kappa shape index (κ1) is 16.6. The van der Waals surface area contributed by atoms with Crippen LogP contribution in [0.3, 0.4) is 0 Å². The molecule has 2 rings (SSSR count). The molecule has 120 valence electrons. The summed E-state index contributed by atoms with van der Waals surface area (Å²) in [6.07, 6.45) is 4.56. The second-order valence-corrected chi connectivity index (χ2v) is 7.88. The van der Waals surface area contributed by atoms with Crippen LogP contribution in [0, 0.1) is 11.8 Å². The molecular weight excluding hydrogens is 260 g/mol. The highest BCUT2D eigenvalue weighted by Gasteiger charge is 2.22. The predicted molar refractivity (Wildman–Crippen MR) is 88.1 cm³/mol. The van der Waals surface area contributed by atoms with E-state index in [-0.39, 0.29) is 5.54 Å². The van der Waals surface area contributed by atoms with Crippen LogP contribution in [0.25, 0.3) is 0 Å². The fourth-order valence-electron chi connectivity index (χ4n) is 2.97. The van der Waals surface area contributed by atoms with E-state index in [1.165, 1.54) is 31.5 Å². The molecule has 0 bridgehead atoms. The number of hydrogen-bond acceptors (Lipinski definition) is 3. The average Bonchev–Trinajstić information content (AvgIpc) is 2.84. The SMILES string of the molecule is CC(C)C1CCN(Cc2cc(CNC(C)(C)C)co2)CC1. The van der Waals surface area contributed by atoms with Crippen LogP contribution in [0.5, 0.6) is 0 Å². The maximum absolute atomic E-state index is 5.73. The van der Waals surface area contributed by atoms with E-state index in [2.05, 4.69) is 50.9 Å². The number of nitrogens with one attached hydrogen (secondary N) is 1. The molecule has 0 atom stereocenters. The summed E-state index contributed by atoms with van der Waals surface area (Å²) in [6, 6.07) is 2.20. The van der Waals surface area contributed by atoms with E-state index in [0.29, 0.717) is 0 Å². The van der Waals surface area contributed by atoms with Gasteiger partial charge in [0, 0.05) is 17.6 Å². The lowest BCUT2D eigenvalue weighted by molar-refractivity contribution is 0.144. The van der Waals surface area contributed by atoms with E-state index in [4.69, 9.17) is 4.42 Å². The number of nitrogens with zero attached hydrogens (tertiary/aromatic N) is 1. The fourth-order valence-corrected chi connectivity index (χ4v) is 2.97. The molecule has 1 aliphatic rings. The van der Waals surface area contributed by atoms with Crippen LogP contribution in [0.4, 0.5) is 0 Å². The largest absolute Gasteiger partial charge is 0.468 e. The van der Waals surface area contributed by atoms with E-state index in [1.54, 1.807) is 0 Å². The molecular formula is C18H32N2O. The number of hydrogen-bond donors (Lipinski definition) is 1. The molecule has 21 heavy (non-hydrogen) atoms. The second kappa shape index (κ2) is 6.97. The van der Waals surface area contributed by atoms with Crippen molar-refractivity contribution in [1.29, 1.82) is 0 Å². The van der Waals surface area contributed by atoms with Crippen molar-refractivity contribution in [2.45, 2.75) is 66.1 Å². The summed E-state index contributed by atoms with van der Waals surface area (Å²) in [5, 5.41) is 3.50. The average molecular weight is 292 g/mol. The maximum atomic E-state index is 5.73. The Bertz CT molecular complexity index is 423. The molecule has 0 radical (unpaired) electrons. The fraction of sp³-hybridized carbons (Fsp3) is 0.778. The monoisotopic (exact) mass is 292 g/mol. The van der Waals surface area contributed by atoms with E-state index in [1.807, 2.05) is 6.26 Å². The summed E-state index contributed by atoms with van der Waals surface area (Å²) >= 11 is 0. The Morgan fingerprint density at radius 1 is 1.29 bits per heavy atom. The summed E-state index contributed by atoms with van der Waals surface area (Å²) in [5.41, 5.74) is 1.40. The van der Waals surface area contributed by atoms with Crippen LogP contribution >= 0.6 is 0 Å². The Morgan fingerprint density at radius 3 is 2.52 bits per heavy atom. The molecule has 2 heterocycles. The Balaban J connectivity index is 1.78. The zero-order valence-electron chi connectivity index (χ0n) is 14.4. The van der Waals surface area contributed by atoms with Gasteiger partial charge >= 0.3 is 0 Å². The minimum absolute atomic E-state index is 0.149. The minimum Gasteiger partial charge on any atom is -0.468 e. The third-order valence-corrected chi connectivity index (χ3v) is 4.49. The van der Waals surface area contributed by atoms with Gasteiger partial charge in [0.1, 0.15) is 5.76 Å². The van der Waals surface area contributed by atoms with Crippen LogP contribution in [0.15, 0.2) is 16.7 Å². The van der Waals surface area contributed by atoms with E-state index < -0.39 is 0 Å². The molecule has 0 amide bonds. The number of piperidine rings is 1. The molecule has 1 aromatic rings. The molecule has 1 saturated heterocycles. The van der Waals surface area contributed by atoms with Crippen molar-refractivity contribution in [3.63, 3.8) is 0 Å². The Labute approximate surface area is 130 Å². The van der Waals surface area contributed by atoms with E-state index in [9.17, 15) is 0 Å². The standard InChI is InChI=1S/C18H32N2O/c1-14(2)16-6-8-20(9-7-16)12-17-10-15(13-21-17)11-19-18(3,4)5/h10,13-14,16,19H,6-9,11-12H2,1-5H3. The highest BCUT2D eigenvalue weighted by molar-refractivity contribution is 5.13. The normalized spacial score (nSPS) is 18.6. The summed E-state index contributed by atoms with van der Waals surface area (Å²) in [4.78, 5) is 2.53. The number of likely N-dealkylation sites (tertiary alicyclic amines) is 1. The summed E-state index contributed by atoms with van der Waals surface area (Å²) in [5.74, 6) is 2.83. The van der Waals surface area contributed by atoms with Gasteiger partial charge in [-0.2, -0.15) is 0 Å². The molecule has 0 unspecified atom stereocenters. The number of furan rings is 1. The molecule has 1 fully saturated rings. The first-order valence-electron chi connectivity index (χ1n) is 8.37. The molecule has 1 aromatic heterocycles. The first-order chi connectivity index (χ1) is 9.83. The lowest BCUT2D eigenvalue weighted by Gasteiger charge is -2.33. The first-order valence-corrected chi connectivity index (χ1v) is 8.37. The predicted octanol–water partition coefficient (Wildman–Crippen LogP) is 4.04. The summed E-state index contributed by atoms with van der Waals surface area (Å²) < 4.78 is 5.73. The van der Waals surface area contributed by atoms with E-state index >= 15 is 0 Å². The summed E-state index contributed by atoms with van der Waals surface area (Å²) in [7, 11) is 0. The second-order valence-electron chi connectivity index (χ2n) is 7.88. The molecule has 3 heteroatoms. The smallest absolute Gasteiger partial charge is 0.118 e. The zero-order chi connectivity index (χ0) is 15.5. The van der Waals surface area contributed by atoms with E-state index in [0.717, 1.165) is 30.7 Å². The Morgan fingerprint density at radius 2 is 1.95 bits per heavy atom. The Kier molecular flexibility index (Phi) is 5.50. The van der Waals surface area contributed by atoms with Gasteiger partial charge in [0.25, 0.3) is 0 Å². The molecule has 0 spiro atoms. The molecule has 1 N–H and O–H groups in total. The number of rotatable bonds is 5. The third-order valence-electron chi connectivity index (χ3n) is 4.49. The van der Waals surface area contributed by atoms with Gasteiger partial charge in [-0.15, -0.1) is 0 Å². The minimum atomic E-state index is 0.149. The van der Waals surface area contributed by atoms with Gasteiger partial charge in [0.15, 0.2) is 0 Å². The van der Waals surface area contributed by atoms with Crippen LogP contribution in [-0.4, -0.2) is 23.5 Å². The van der Waals surface area contributed by atoms with Crippen molar-refractivity contribution in [1.82, 2.24) is 10.2 Å². The highest BCUT2D eigenvalue weighted by Crippen LogP contribution is 2.25. The van der Waals surface area contributed by atoms with Gasteiger partial charge < -0.3 is 9.73 Å². The van der Waals surface area contributed by atoms with Crippen molar-refractivity contribution in [2.24, 2.45) is 11.8 Å². The van der Waals surface area contributed by atoms with Crippen molar-refractivity contribution in [3.05, 3.63) is 23.7 Å². The molecule has 1 aliphatic heterocycles. The summed E-state index contributed by atoms with van der Waals surface area (Å²) in [6.45, 7) is 15.5. The zero-order valence-corrected chi connectivity index (χ0v) is 14.4. The highest BCUT2D eigenvalue weighted by atomic mass is 16.3.